The van der Waals surface area contributed by atoms with Gasteiger partial charge in [-0.1, -0.05) is 19.9 Å². The van der Waals surface area contributed by atoms with Gasteiger partial charge in [0.05, 0.1) is 17.5 Å². The Labute approximate surface area is 107 Å². The van der Waals surface area contributed by atoms with Crippen molar-refractivity contribution in [1.29, 1.82) is 0 Å². The topological polar surface area (TPSA) is 81.1 Å². The zero-order valence-electron chi connectivity index (χ0n) is 10.5. The molecule has 0 spiro atoms. The van der Waals surface area contributed by atoms with Crippen molar-refractivity contribution in [1.82, 2.24) is 14.5 Å². The predicted octanol–water partition coefficient (Wildman–Crippen LogP) is 0.785. The van der Waals surface area contributed by atoms with E-state index >= 15 is 0 Å². The number of carbonyl (C=O) groups is 1. The second-order valence-corrected chi connectivity index (χ2v) is 6.11. The minimum Gasteiger partial charge on any atom is -0.272 e. The maximum absolute atomic E-state index is 11.7. The molecule has 0 fully saturated rings. The lowest BCUT2D eigenvalue weighted by atomic mass is 10.2. The number of aromatic nitrogens is 2. The zero-order valence-corrected chi connectivity index (χ0v) is 11.3. The Morgan fingerprint density at radius 1 is 1.61 bits per heavy atom. The fourth-order valence-corrected chi connectivity index (χ4v) is 2.15. The van der Waals surface area contributed by atoms with E-state index in [-0.39, 0.29) is 11.3 Å². The second-order valence-electron chi connectivity index (χ2n) is 4.35. The van der Waals surface area contributed by atoms with Gasteiger partial charge in [-0.25, -0.2) is 13.1 Å². The third kappa shape index (κ3) is 4.33. The fourth-order valence-electron chi connectivity index (χ4n) is 1.35. The molecule has 1 aromatic rings. The van der Waals surface area contributed by atoms with Crippen LogP contribution in [0.3, 0.4) is 0 Å². The Kier molecular flexibility index (Phi) is 4.66. The van der Waals surface area contributed by atoms with Crippen molar-refractivity contribution in [3.63, 3.8) is 0 Å². The molecule has 0 aliphatic carbocycles. The molecular formula is C11H17N3O3S. The summed E-state index contributed by atoms with van der Waals surface area (Å²) in [5, 5.41) is 3.99. The molecule has 1 rings (SSSR count). The molecule has 0 saturated heterocycles. The molecule has 100 valence electrons. The zero-order chi connectivity index (χ0) is 13.8. The van der Waals surface area contributed by atoms with Crippen LogP contribution < -0.4 is 4.72 Å². The molecule has 7 heteroatoms. The van der Waals surface area contributed by atoms with Crippen molar-refractivity contribution in [2.45, 2.75) is 20.4 Å². The highest BCUT2D eigenvalue weighted by atomic mass is 32.2. The van der Waals surface area contributed by atoms with Crippen LogP contribution in [0.4, 0.5) is 0 Å². The van der Waals surface area contributed by atoms with Crippen LogP contribution in [-0.2, 0) is 16.6 Å². The van der Waals surface area contributed by atoms with E-state index in [1.165, 1.54) is 18.5 Å². The molecule has 0 radical (unpaired) electrons. The Bertz CT molecular complexity index is 531. The van der Waals surface area contributed by atoms with Gasteiger partial charge in [0.2, 0.25) is 10.0 Å². The Balaban J connectivity index is 2.73. The van der Waals surface area contributed by atoms with Crippen molar-refractivity contribution in [3.05, 3.63) is 30.6 Å². The van der Waals surface area contributed by atoms with Gasteiger partial charge in [0.1, 0.15) is 0 Å². The van der Waals surface area contributed by atoms with Crippen LogP contribution in [0, 0.1) is 5.92 Å². The van der Waals surface area contributed by atoms with Gasteiger partial charge in [-0.2, -0.15) is 5.10 Å². The Hall–Kier alpha value is -1.63. The SMILES string of the molecule is C=CCS(=O)(=O)NC(=O)c1cnn(CC(C)C)c1. The van der Waals surface area contributed by atoms with E-state index in [4.69, 9.17) is 0 Å². The van der Waals surface area contributed by atoms with Crippen molar-refractivity contribution in [2.24, 2.45) is 5.92 Å². The molecule has 0 aromatic carbocycles. The molecular weight excluding hydrogens is 254 g/mol. The minimum absolute atomic E-state index is 0.225. The smallest absolute Gasteiger partial charge is 0.267 e. The highest BCUT2D eigenvalue weighted by Gasteiger charge is 2.16. The van der Waals surface area contributed by atoms with Gasteiger partial charge in [0.25, 0.3) is 5.91 Å². The summed E-state index contributed by atoms with van der Waals surface area (Å²) in [6, 6.07) is 0. The molecule has 0 aliphatic rings. The summed E-state index contributed by atoms with van der Waals surface area (Å²) in [7, 11) is -3.65. The van der Waals surface area contributed by atoms with E-state index in [1.54, 1.807) is 4.68 Å². The minimum atomic E-state index is -3.65. The predicted molar refractivity (Wildman–Crippen MR) is 68.5 cm³/mol. The van der Waals surface area contributed by atoms with Crippen molar-refractivity contribution in [2.75, 3.05) is 5.75 Å². The van der Waals surface area contributed by atoms with Gasteiger partial charge in [-0.05, 0) is 5.92 Å². The van der Waals surface area contributed by atoms with Crippen LogP contribution in [0.5, 0.6) is 0 Å². The largest absolute Gasteiger partial charge is 0.272 e. The highest BCUT2D eigenvalue weighted by Crippen LogP contribution is 2.02. The normalized spacial score (nSPS) is 11.5. The molecule has 0 bridgehead atoms. The van der Waals surface area contributed by atoms with E-state index in [0.29, 0.717) is 12.5 Å². The maximum atomic E-state index is 11.7. The van der Waals surface area contributed by atoms with Crippen LogP contribution >= 0.6 is 0 Å². The van der Waals surface area contributed by atoms with Gasteiger partial charge in [0, 0.05) is 12.7 Å². The van der Waals surface area contributed by atoms with Gasteiger partial charge in [0.15, 0.2) is 0 Å². The van der Waals surface area contributed by atoms with Crippen LogP contribution in [0.15, 0.2) is 25.0 Å². The van der Waals surface area contributed by atoms with Gasteiger partial charge in [-0.3, -0.25) is 9.48 Å². The number of sulfonamides is 1. The molecule has 1 N–H and O–H groups in total. The molecule has 18 heavy (non-hydrogen) atoms. The van der Waals surface area contributed by atoms with Gasteiger partial charge in [-0.15, -0.1) is 6.58 Å². The number of hydrogen-bond donors (Lipinski definition) is 1. The summed E-state index contributed by atoms with van der Waals surface area (Å²) < 4.78 is 26.3. The first-order valence-electron chi connectivity index (χ1n) is 5.52. The molecule has 6 nitrogen and oxygen atoms in total. The number of nitrogens with zero attached hydrogens (tertiary/aromatic N) is 2. The van der Waals surface area contributed by atoms with Gasteiger partial charge >= 0.3 is 0 Å². The Morgan fingerprint density at radius 2 is 2.28 bits per heavy atom. The van der Waals surface area contributed by atoms with Crippen molar-refractivity contribution < 1.29 is 13.2 Å². The monoisotopic (exact) mass is 271 g/mol. The summed E-state index contributed by atoms with van der Waals surface area (Å²) in [4.78, 5) is 11.7. The summed E-state index contributed by atoms with van der Waals surface area (Å²) in [5.74, 6) is -0.573. The van der Waals surface area contributed by atoms with Crippen LogP contribution in [0.1, 0.15) is 24.2 Å². The average molecular weight is 271 g/mol. The molecule has 0 atom stereocenters. The lowest BCUT2D eigenvalue weighted by Gasteiger charge is -2.04. The quantitative estimate of drug-likeness (QED) is 0.775. The summed E-state index contributed by atoms with van der Waals surface area (Å²) in [6.07, 6.45) is 4.09. The second kappa shape index (κ2) is 5.81. The third-order valence-corrected chi connectivity index (χ3v) is 3.20. The summed E-state index contributed by atoms with van der Waals surface area (Å²) in [6.45, 7) is 8.04. The fraction of sp³-hybridized carbons (Fsp3) is 0.455. The lowest BCUT2D eigenvalue weighted by Crippen LogP contribution is -2.31. The van der Waals surface area contributed by atoms with Gasteiger partial charge < -0.3 is 0 Å². The number of rotatable bonds is 6. The van der Waals surface area contributed by atoms with Crippen molar-refractivity contribution >= 4 is 15.9 Å². The number of carbonyl (C=O) groups excluding carboxylic acids is 1. The summed E-state index contributed by atoms with van der Waals surface area (Å²) >= 11 is 0. The first kappa shape index (κ1) is 14.4. The van der Waals surface area contributed by atoms with E-state index in [2.05, 4.69) is 11.7 Å². The molecule has 1 heterocycles. The van der Waals surface area contributed by atoms with Crippen LogP contribution in [0.2, 0.25) is 0 Å². The highest BCUT2D eigenvalue weighted by molar-refractivity contribution is 7.90. The molecule has 0 aliphatic heterocycles. The molecule has 0 unspecified atom stereocenters. The Morgan fingerprint density at radius 3 is 2.83 bits per heavy atom. The van der Waals surface area contributed by atoms with E-state index in [0.717, 1.165) is 0 Å². The summed E-state index contributed by atoms with van der Waals surface area (Å²) in [5.41, 5.74) is 0.225. The van der Waals surface area contributed by atoms with E-state index in [1.807, 2.05) is 18.6 Å². The average Bonchev–Trinajstić information content (AvgIpc) is 2.64. The lowest BCUT2D eigenvalue weighted by molar-refractivity contribution is 0.0981. The standard InChI is InChI=1S/C11H17N3O3S/c1-4-5-18(16,17)13-11(15)10-6-12-14(8-10)7-9(2)3/h4,6,8-9H,1,5,7H2,2-3H3,(H,13,15). The van der Waals surface area contributed by atoms with E-state index < -0.39 is 15.9 Å². The molecule has 1 amide bonds. The maximum Gasteiger partial charge on any atom is 0.267 e. The first-order valence-corrected chi connectivity index (χ1v) is 7.17. The number of nitrogens with one attached hydrogen (secondary N) is 1. The first-order chi connectivity index (χ1) is 8.34. The number of hydrogen-bond acceptors (Lipinski definition) is 4. The van der Waals surface area contributed by atoms with Crippen molar-refractivity contribution in [3.8, 4) is 0 Å². The number of amides is 1. The van der Waals surface area contributed by atoms with E-state index in [9.17, 15) is 13.2 Å². The molecule has 1 aromatic heterocycles. The van der Waals surface area contributed by atoms with Crippen LogP contribution in [0.25, 0.3) is 0 Å². The van der Waals surface area contributed by atoms with Crippen LogP contribution in [-0.4, -0.2) is 29.9 Å². The third-order valence-electron chi connectivity index (χ3n) is 2.03. The molecule has 0 saturated carbocycles.